The Balaban J connectivity index is 2.46. The molecule has 1 aromatic carbocycles. The Bertz CT molecular complexity index is 606. The molecule has 0 spiro atoms. The minimum atomic E-state index is 0.438. The van der Waals surface area contributed by atoms with Crippen LogP contribution in [0.2, 0.25) is 0 Å². The van der Waals surface area contributed by atoms with Crippen LogP contribution < -0.4 is 9.47 Å². The summed E-state index contributed by atoms with van der Waals surface area (Å²) in [6.45, 7) is 6.34. The van der Waals surface area contributed by atoms with E-state index in [0.29, 0.717) is 5.92 Å². The van der Waals surface area contributed by atoms with Gasteiger partial charge in [0.15, 0.2) is 11.5 Å². The zero-order chi connectivity index (χ0) is 14.7. The average molecular weight is 271 g/mol. The van der Waals surface area contributed by atoms with E-state index in [1.54, 1.807) is 14.2 Å². The molecule has 0 bridgehead atoms. The molecule has 0 aliphatic rings. The maximum atomic E-state index is 5.35. The van der Waals surface area contributed by atoms with E-state index in [1.807, 2.05) is 25.1 Å². The Morgan fingerprint density at radius 3 is 2.20 bits per heavy atom. The molecule has 0 saturated carbocycles. The minimum absolute atomic E-state index is 0.438. The summed E-state index contributed by atoms with van der Waals surface area (Å²) < 4.78 is 10.6. The summed E-state index contributed by atoms with van der Waals surface area (Å²) >= 11 is 0. The van der Waals surface area contributed by atoms with Crippen LogP contribution in [-0.2, 0) is 0 Å². The number of benzene rings is 1. The summed E-state index contributed by atoms with van der Waals surface area (Å²) in [5.41, 5.74) is 4.36. The van der Waals surface area contributed by atoms with Gasteiger partial charge >= 0.3 is 0 Å². The van der Waals surface area contributed by atoms with Crippen LogP contribution in [0, 0.1) is 6.92 Å². The molecule has 0 amide bonds. The van der Waals surface area contributed by atoms with Gasteiger partial charge in [-0.05, 0) is 36.6 Å². The molecule has 1 aromatic heterocycles. The third-order valence-corrected chi connectivity index (χ3v) is 3.39. The van der Waals surface area contributed by atoms with Crippen LogP contribution in [0.3, 0.4) is 0 Å². The van der Waals surface area contributed by atoms with E-state index in [9.17, 15) is 0 Å². The molecule has 1 heterocycles. The van der Waals surface area contributed by atoms with Gasteiger partial charge in [0.1, 0.15) is 0 Å². The maximum Gasteiger partial charge on any atom is 0.161 e. The van der Waals surface area contributed by atoms with Gasteiger partial charge in [-0.2, -0.15) is 0 Å². The zero-order valence-electron chi connectivity index (χ0n) is 12.7. The first-order valence-corrected chi connectivity index (χ1v) is 6.76. The summed E-state index contributed by atoms with van der Waals surface area (Å²) in [6.07, 6.45) is 0. The van der Waals surface area contributed by atoms with Crippen molar-refractivity contribution in [2.24, 2.45) is 0 Å². The summed E-state index contributed by atoms with van der Waals surface area (Å²) in [4.78, 5) is 4.68. The van der Waals surface area contributed by atoms with E-state index in [-0.39, 0.29) is 0 Å². The summed E-state index contributed by atoms with van der Waals surface area (Å²) in [6, 6.07) is 10.1. The molecule has 3 heteroatoms. The Labute approximate surface area is 120 Å². The fourth-order valence-corrected chi connectivity index (χ4v) is 2.21. The molecular formula is C17H21NO2. The van der Waals surface area contributed by atoms with E-state index in [1.165, 1.54) is 0 Å². The molecule has 3 nitrogen and oxygen atoms in total. The van der Waals surface area contributed by atoms with Gasteiger partial charge in [0.05, 0.1) is 14.2 Å². The molecule has 20 heavy (non-hydrogen) atoms. The van der Waals surface area contributed by atoms with Gasteiger partial charge in [-0.25, -0.2) is 0 Å². The number of ether oxygens (including phenoxy) is 2. The second-order valence-electron chi connectivity index (χ2n) is 5.09. The molecule has 0 fully saturated rings. The van der Waals surface area contributed by atoms with Crippen LogP contribution in [0.25, 0.3) is 11.1 Å². The highest BCUT2D eigenvalue weighted by Gasteiger charge is 2.10. The number of rotatable bonds is 4. The lowest BCUT2D eigenvalue weighted by Crippen LogP contribution is -1.97. The first-order valence-electron chi connectivity index (χ1n) is 6.76. The highest BCUT2D eigenvalue weighted by atomic mass is 16.5. The minimum Gasteiger partial charge on any atom is -0.493 e. The standard InChI is InChI=1S/C17H21NO2/c1-11(2)15-8-7-14(12(3)18-15)13-6-9-16(19-4)17(10-13)20-5/h6-11H,1-5H3. The van der Waals surface area contributed by atoms with Crippen LogP contribution >= 0.6 is 0 Å². The number of hydrogen-bond acceptors (Lipinski definition) is 3. The van der Waals surface area contributed by atoms with Crippen molar-refractivity contribution in [1.29, 1.82) is 0 Å². The Hall–Kier alpha value is -2.03. The van der Waals surface area contributed by atoms with E-state index < -0.39 is 0 Å². The molecule has 0 atom stereocenters. The largest absolute Gasteiger partial charge is 0.493 e. The molecule has 0 unspecified atom stereocenters. The topological polar surface area (TPSA) is 31.4 Å². The second-order valence-corrected chi connectivity index (χ2v) is 5.09. The lowest BCUT2D eigenvalue weighted by Gasteiger charge is -2.12. The summed E-state index contributed by atoms with van der Waals surface area (Å²) in [5, 5.41) is 0. The van der Waals surface area contributed by atoms with Gasteiger partial charge in [0.25, 0.3) is 0 Å². The molecular weight excluding hydrogens is 250 g/mol. The highest BCUT2D eigenvalue weighted by Crippen LogP contribution is 2.33. The zero-order valence-corrected chi connectivity index (χ0v) is 12.7. The van der Waals surface area contributed by atoms with E-state index >= 15 is 0 Å². The van der Waals surface area contributed by atoms with E-state index in [0.717, 1.165) is 34.0 Å². The Morgan fingerprint density at radius 2 is 1.65 bits per heavy atom. The van der Waals surface area contributed by atoms with Gasteiger partial charge in [-0.15, -0.1) is 0 Å². The second kappa shape index (κ2) is 5.95. The fourth-order valence-electron chi connectivity index (χ4n) is 2.21. The number of aryl methyl sites for hydroxylation is 1. The lowest BCUT2D eigenvalue weighted by molar-refractivity contribution is 0.355. The number of nitrogens with zero attached hydrogens (tertiary/aromatic N) is 1. The third-order valence-electron chi connectivity index (χ3n) is 3.39. The average Bonchev–Trinajstić information content (AvgIpc) is 2.46. The maximum absolute atomic E-state index is 5.35. The lowest BCUT2D eigenvalue weighted by atomic mass is 10.0. The van der Waals surface area contributed by atoms with Crippen molar-refractivity contribution in [2.75, 3.05) is 14.2 Å². The molecule has 0 radical (unpaired) electrons. The van der Waals surface area contributed by atoms with Crippen LogP contribution in [0.5, 0.6) is 11.5 Å². The SMILES string of the molecule is COc1ccc(-c2ccc(C(C)C)nc2C)cc1OC. The van der Waals surface area contributed by atoms with E-state index in [2.05, 4.69) is 31.0 Å². The Kier molecular flexibility index (Phi) is 4.28. The Morgan fingerprint density at radius 1 is 0.950 bits per heavy atom. The fraction of sp³-hybridized carbons (Fsp3) is 0.353. The van der Waals surface area contributed by atoms with Crippen LogP contribution in [0.15, 0.2) is 30.3 Å². The van der Waals surface area contributed by atoms with Crippen molar-refractivity contribution >= 4 is 0 Å². The molecule has 0 N–H and O–H groups in total. The van der Waals surface area contributed by atoms with Gasteiger partial charge in [0, 0.05) is 17.0 Å². The van der Waals surface area contributed by atoms with Crippen LogP contribution in [-0.4, -0.2) is 19.2 Å². The van der Waals surface area contributed by atoms with Crippen molar-refractivity contribution in [3.63, 3.8) is 0 Å². The smallest absolute Gasteiger partial charge is 0.161 e. The number of aromatic nitrogens is 1. The van der Waals surface area contributed by atoms with Gasteiger partial charge < -0.3 is 9.47 Å². The third kappa shape index (κ3) is 2.77. The van der Waals surface area contributed by atoms with Crippen molar-refractivity contribution in [1.82, 2.24) is 4.98 Å². The van der Waals surface area contributed by atoms with Crippen LogP contribution in [0.4, 0.5) is 0 Å². The normalized spacial score (nSPS) is 10.7. The predicted molar refractivity (Wildman–Crippen MR) is 81.6 cm³/mol. The first-order chi connectivity index (χ1) is 9.56. The summed E-state index contributed by atoms with van der Waals surface area (Å²) in [5.74, 6) is 1.91. The van der Waals surface area contributed by atoms with Gasteiger partial charge in [0.2, 0.25) is 0 Å². The number of methoxy groups -OCH3 is 2. The van der Waals surface area contributed by atoms with Crippen molar-refractivity contribution < 1.29 is 9.47 Å². The molecule has 106 valence electrons. The molecule has 2 aromatic rings. The number of pyridine rings is 1. The van der Waals surface area contributed by atoms with Crippen LogP contribution in [0.1, 0.15) is 31.2 Å². The first kappa shape index (κ1) is 14.4. The van der Waals surface area contributed by atoms with Crippen molar-refractivity contribution in [3.05, 3.63) is 41.7 Å². The van der Waals surface area contributed by atoms with Crippen molar-refractivity contribution in [3.8, 4) is 22.6 Å². The van der Waals surface area contributed by atoms with E-state index in [4.69, 9.17) is 9.47 Å². The van der Waals surface area contributed by atoms with Crippen molar-refractivity contribution in [2.45, 2.75) is 26.7 Å². The molecule has 0 aliphatic carbocycles. The molecule has 0 aliphatic heterocycles. The molecule has 0 saturated heterocycles. The number of hydrogen-bond donors (Lipinski definition) is 0. The summed E-state index contributed by atoms with van der Waals surface area (Å²) in [7, 11) is 3.29. The quantitative estimate of drug-likeness (QED) is 0.835. The highest BCUT2D eigenvalue weighted by molar-refractivity contribution is 5.69. The molecule has 2 rings (SSSR count). The van der Waals surface area contributed by atoms with Gasteiger partial charge in [-0.3, -0.25) is 4.98 Å². The predicted octanol–water partition coefficient (Wildman–Crippen LogP) is 4.20. The van der Waals surface area contributed by atoms with Gasteiger partial charge in [-0.1, -0.05) is 26.0 Å². The monoisotopic (exact) mass is 271 g/mol.